The lowest BCUT2D eigenvalue weighted by Gasteiger charge is -2.35. The van der Waals surface area contributed by atoms with Crippen LogP contribution in [0.2, 0.25) is 0 Å². The number of thioether (sulfide) groups is 1. The molecule has 9 heteroatoms. The van der Waals surface area contributed by atoms with Crippen molar-refractivity contribution < 1.29 is 13.9 Å². The lowest BCUT2D eigenvalue weighted by atomic mass is 10.0. The van der Waals surface area contributed by atoms with Gasteiger partial charge < -0.3 is 10.1 Å². The summed E-state index contributed by atoms with van der Waals surface area (Å²) in [5.74, 6) is 0.328. The van der Waals surface area contributed by atoms with Crippen LogP contribution >= 0.6 is 11.8 Å². The molecule has 1 atom stereocenters. The molecule has 1 fully saturated rings. The number of ether oxygens (including phenoxy) is 1. The third kappa shape index (κ3) is 6.22. The van der Waals surface area contributed by atoms with Gasteiger partial charge in [-0.25, -0.2) is 4.39 Å². The number of amides is 1. The Balaban J connectivity index is 1.36. The largest absolute Gasteiger partial charge is 0.379 e. The van der Waals surface area contributed by atoms with Crippen molar-refractivity contribution in [1.29, 1.82) is 0 Å². The molecule has 1 aliphatic heterocycles. The molecule has 0 bridgehead atoms. The summed E-state index contributed by atoms with van der Waals surface area (Å²) in [4.78, 5) is 15.0. The molecule has 0 radical (unpaired) electrons. The second-order valence-corrected chi connectivity index (χ2v) is 9.48. The van der Waals surface area contributed by atoms with Crippen LogP contribution in [-0.2, 0) is 9.53 Å². The number of aromatic nitrogens is 3. The van der Waals surface area contributed by atoms with E-state index in [0.717, 1.165) is 24.3 Å². The van der Waals surface area contributed by atoms with E-state index in [0.29, 0.717) is 30.8 Å². The molecule has 1 saturated heterocycles. The molecule has 3 aromatic rings. The normalized spacial score (nSPS) is 15.4. The van der Waals surface area contributed by atoms with E-state index in [1.165, 1.54) is 29.5 Å². The van der Waals surface area contributed by atoms with Crippen LogP contribution in [0.3, 0.4) is 0 Å². The minimum atomic E-state index is -0.270. The zero-order valence-corrected chi connectivity index (χ0v) is 20.3. The summed E-state index contributed by atoms with van der Waals surface area (Å²) < 4.78 is 20.8. The van der Waals surface area contributed by atoms with E-state index in [2.05, 4.69) is 46.4 Å². The van der Waals surface area contributed by atoms with Gasteiger partial charge in [0, 0.05) is 25.3 Å². The van der Waals surface area contributed by atoms with Crippen LogP contribution in [0.4, 0.5) is 4.39 Å². The van der Waals surface area contributed by atoms with Crippen LogP contribution in [0.1, 0.15) is 36.9 Å². The van der Waals surface area contributed by atoms with E-state index in [4.69, 9.17) is 4.74 Å². The minimum Gasteiger partial charge on any atom is -0.379 e. The molecule has 0 spiro atoms. The van der Waals surface area contributed by atoms with E-state index in [1.54, 1.807) is 18.5 Å². The first-order chi connectivity index (χ1) is 16.5. The van der Waals surface area contributed by atoms with Crippen LogP contribution in [0, 0.1) is 5.82 Å². The molecule has 1 N–H and O–H groups in total. The maximum Gasteiger partial charge on any atom is 0.230 e. The van der Waals surface area contributed by atoms with Gasteiger partial charge in [0.25, 0.3) is 0 Å². The molecule has 0 saturated carbocycles. The fraction of sp³-hybridized carbons (Fsp3) is 0.400. The van der Waals surface area contributed by atoms with Crippen LogP contribution in [0.15, 0.2) is 60.0 Å². The Morgan fingerprint density at radius 3 is 2.44 bits per heavy atom. The molecule has 7 nitrogen and oxygen atoms in total. The van der Waals surface area contributed by atoms with Gasteiger partial charge in [0.1, 0.15) is 12.1 Å². The molecule has 1 aromatic heterocycles. The number of carbonyl (C=O) groups is 1. The summed E-state index contributed by atoms with van der Waals surface area (Å²) in [6.07, 6.45) is 1.66. The Bertz CT molecular complexity index is 1070. The van der Waals surface area contributed by atoms with E-state index < -0.39 is 0 Å². The van der Waals surface area contributed by atoms with Crippen molar-refractivity contribution in [2.45, 2.75) is 31.0 Å². The average molecular weight is 484 g/mol. The van der Waals surface area contributed by atoms with E-state index in [9.17, 15) is 9.18 Å². The van der Waals surface area contributed by atoms with Crippen molar-refractivity contribution in [3.8, 4) is 5.69 Å². The predicted molar refractivity (Wildman–Crippen MR) is 131 cm³/mol. The lowest BCUT2D eigenvalue weighted by Crippen LogP contribution is -2.44. The van der Waals surface area contributed by atoms with Crippen LogP contribution < -0.4 is 5.32 Å². The molecule has 4 rings (SSSR count). The van der Waals surface area contributed by atoms with Crippen LogP contribution in [-0.4, -0.2) is 64.2 Å². The fourth-order valence-corrected chi connectivity index (χ4v) is 4.70. The van der Waals surface area contributed by atoms with Gasteiger partial charge in [-0.15, -0.1) is 10.2 Å². The van der Waals surface area contributed by atoms with Gasteiger partial charge >= 0.3 is 0 Å². The quantitative estimate of drug-likeness (QED) is 0.467. The van der Waals surface area contributed by atoms with E-state index in [1.807, 2.05) is 16.7 Å². The van der Waals surface area contributed by atoms with Crippen molar-refractivity contribution in [2.24, 2.45) is 0 Å². The summed E-state index contributed by atoms with van der Waals surface area (Å²) >= 11 is 1.35. The SMILES string of the molecule is CC(C)c1ccc(-n2cnnc2SCC(=O)NCC(c2ccc(F)cc2)N2CCOCC2)cc1. The minimum absolute atomic E-state index is 0.0402. The van der Waals surface area contributed by atoms with Crippen LogP contribution in [0.5, 0.6) is 0 Å². The Hall–Kier alpha value is -2.75. The highest BCUT2D eigenvalue weighted by Gasteiger charge is 2.23. The molecule has 34 heavy (non-hydrogen) atoms. The van der Waals surface area contributed by atoms with Gasteiger partial charge in [-0.05, 0) is 41.3 Å². The number of benzene rings is 2. The molecule has 1 aliphatic rings. The van der Waals surface area contributed by atoms with Gasteiger partial charge in [0.15, 0.2) is 5.16 Å². The number of carbonyl (C=O) groups excluding carboxylic acids is 1. The molecule has 0 aliphatic carbocycles. The summed E-state index contributed by atoms with van der Waals surface area (Å²) in [5.41, 5.74) is 3.20. The smallest absolute Gasteiger partial charge is 0.230 e. The predicted octanol–water partition coefficient (Wildman–Crippen LogP) is 3.81. The number of rotatable bonds is 9. The monoisotopic (exact) mass is 483 g/mol. The number of nitrogens with one attached hydrogen (secondary N) is 1. The Morgan fingerprint density at radius 2 is 1.76 bits per heavy atom. The first-order valence-electron chi connectivity index (χ1n) is 11.5. The first kappa shape index (κ1) is 24.4. The topological polar surface area (TPSA) is 72.3 Å². The highest BCUT2D eigenvalue weighted by atomic mass is 32.2. The number of nitrogens with zero attached hydrogens (tertiary/aromatic N) is 4. The molecule has 1 amide bonds. The Labute approximate surface area is 203 Å². The summed E-state index contributed by atoms with van der Waals surface area (Å²) in [7, 11) is 0. The Morgan fingerprint density at radius 1 is 1.09 bits per heavy atom. The van der Waals surface area contributed by atoms with Crippen molar-refractivity contribution >= 4 is 17.7 Å². The lowest BCUT2D eigenvalue weighted by molar-refractivity contribution is -0.118. The van der Waals surface area contributed by atoms with Crippen molar-refractivity contribution in [3.63, 3.8) is 0 Å². The number of hydrogen-bond donors (Lipinski definition) is 1. The molecular formula is C25H30FN5O2S. The molecule has 180 valence electrons. The maximum atomic E-state index is 13.4. The standard InChI is InChI=1S/C25H30FN5O2S/c1-18(2)19-5-9-22(10-6-19)31-17-28-29-25(31)34-16-24(32)27-15-23(30-11-13-33-14-12-30)20-3-7-21(26)8-4-20/h3-10,17-18,23H,11-16H2,1-2H3,(H,27,32). The second kappa shape index (κ2) is 11.6. The third-order valence-electron chi connectivity index (χ3n) is 5.92. The molecule has 2 aromatic carbocycles. The maximum absolute atomic E-state index is 13.4. The van der Waals surface area contributed by atoms with Crippen LogP contribution in [0.25, 0.3) is 5.69 Å². The average Bonchev–Trinajstić information content (AvgIpc) is 3.33. The number of halogens is 1. The number of hydrogen-bond acceptors (Lipinski definition) is 6. The first-order valence-corrected chi connectivity index (χ1v) is 12.5. The highest BCUT2D eigenvalue weighted by Crippen LogP contribution is 2.23. The van der Waals surface area contributed by atoms with Crippen molar-refractivity contribution in [1.82, 2.24) is 25.0 Å². The van der Waals surface area contributed by atoms with E-state index in [-0.39, 0.29) is 23.5 Å². The summed E-state index contributed by atoms with van der Waals surface area (Å²) in [6, 6.07) is 14.7. The third-order valence-corrected chi connectivity index (χ3v) is 6.86. The van der Waals surface area contributed by atoms with Crippen molar-refractivity contribution in [2.75, 3.05) is 38.6 Å². The van der Waals surface area contributed by atoms with Gasteiger partial charge in [0.05, 0.1) is 25.0 Å². The number of morpholine rings is 1. The Kier molecular flexibility index (Phi) is 8.31. The zero-order chi connectivity index (χ0) is 23.9. The van der Waals surface area contributed by atoms with E-state index >= 15 is 0 Å². The molecule has 1 unspecified atom stereocenters. The molecular weight excluding hydrogens is 453 g/mol. The zero-order valence-electron chi connectivity index (χ0n) is 19.5. The van der Waals surface area contributed by atoms with Gasteiger partial charge in [0.2, 0.25) is 5.91 Å². The summed E-state index contributed by atoms with van der Waals surface area (Å²) in [5, 5.41) is 11.9. The summed E-state index contributed by atoms with van der Waals surface area (Å²) in [6.45, 7) is 7.59. The second-order valence-electron chi connectivity index (χ2n) is 8.54. The van der Waals surface area contributed by atoms with Crippen molar-refractivity contribution in [3.05, 3.63) is 71.8 Å². The highest BCUT2D eigenvalue weighted by molar-refractivity contribution is 7.99. The van der Waals surface area contributed by atoms with Gasteiger partial charge in [-0.3, -0.25) is 14.3 Å². The fourth-order valence-electron chi connectivity index (χ4n) is 3.94. The van der Waals surface area contributed by atoms with Gasteiger partial charge in [-0.1, -0.05) is 49.9 Å². The molecule has 2 heterocycles. The van der Waals surface area contributed by atoms with Gasteiger partial charge in [-0.2, -0.15) is 0 Å².